The number of benzene rings is 1. The maximum absolute atomic E-state index is 11.4. The van der Waals surface area contributed by atoms with Crippen LogP contribution in [0.4, 0.5) is 0 Å². The molecular formula is C11H11Cl2N3O2S. The van der Waals surface area contributed by atoms with E-state index < -0.39 is 9.05 Å². The van der Waals surface area contributed by atoms with Crippen LogP contribution in [0.15, 0.2) is 23.4 Å². The Hall–Kier alpha value is -1.11. The molecule has 0 aliphatic heterocycles. The average Bonchev–Trinajstić information content (AvgIpc) is 2.76. The molecular weight excluding hydrogens is 309 g/mol. The summed E-state index contributed by atoms with van der Waals surface area (Å²) in [6.45, 7) is 4.01. The summed E-state index contributed by atoms with van der Waals surface area (Å²) in [6, 6.07) is 5.44. The molecule has 2 rings (SSSR count). The van der Waals surface area contributed by atoms with Crippen molar-refractivity contribution in [1.29, 1.82) is 0 Å². The number of hydrogen-bond donors (Lipinski definition) is 0. The SMILES string of the molecule is CCn1c(-c2cccc(C)c2Cl)nnc1S(=O)(=O)Cl. The topological polar surface area (TPSA) is 64.8 Å². The lowest BCUT2D eigenvalue weighted by atomic mass is 10.1. The number of aromatic nitrogens is 3. The van der Waals surface area contributed by atoms with Crippen molar-refractivity contribution < 1.29 is 8.42 Å². The van der Waals surface area contributed by atoms with Gasteiger partial charge in [0.1, 0.15) is 0 Å². The molecule has 1 aromatic heterocycles. The van der Waals surface area contributed by atoms with Gasteiger partial charge in [-0.15, -0.1) is 10.2 Å². The third-order valence-corrected chi connectivity index (χ3v) is 4.34. The molecule has 8 heteroatoms. The zero-order chi connectivity index (χ0) is 14.2. The van der Waals surface area contributed by atoms with E-state index in [-0.39, 0.29) is 5.16 Å². The Balaban J connectivity index is 2.71. The lowest BCUT2D eigenvalue weighted by molar-refractivity contribution is 0.583. The molecule has 0 aliphatic carbocycles. The van der Waals surface area contributed by atoms with Crippen molar-refractivity contribution in [1.82, 2.24) is 14.8 Å². The minimum atomic E-state index is -3.94. The molecule has 0 saturated carbocycles. The van der Waals surface area contributed by atoms with Crippen LogP contribution >= 0.6 is 22.3 Å². The molecule has 0 saturated heterocycles. The molecule has 19 heavy (non-hydrogen) atoms. The van der Waals surface area contributed by atoms with E-state index in [4.69, 9.17) is 22.3 Å². The third kappa shape index (κ3) is 2.61. The standard InChI is InChI=1S/C11H11Cl2N3O2S/c1-3-16-10(14-15-11(16)19(13,17)18)8-6-4-5-7(2)9(8)12/h4-6H,3H2,1-2H3. The van der Waals surface area contributed by atoms with Crippen molar-refractivity contribution in [2.24, 2.45) is 0 Å². The van der Waals surface area contributed by atoms with Gasteiger partial charge in [-0.2, -0.15) is 0 Å². The van der Waals surface area contributed by atoms with E-state index >= 15 is 0 Å². The first-order chi connectivity index (χ1) is 8.86. The van der Waals surface area contributed by atoms with Gasteiger partial charge < -0.3 is 0 Å². The highest BCUT2D eigenvalue weighted by atomic mass is 35.7. The van der Waals surface area contributed by atoms with Crippen molar-refractivity contribution in [3.63, 3.8) is 0 Å². The number of aryl methyl sites for hydroxylation is 1. The highest BCUT2D eigenvalue weighted by Crippen LogP contribution is 2.30. The van der Waals surface area contributed by atoms with Crippen LogP contribution in [0.5, 0.6) is 0 Å². The van der Waals surface area contributed by atoms with Gasteiger partial charge in [-0.1, -0.05) is 23.7 Å². The van der Waals surface area contributed by atoms with Gasteiger partial charge in [0.25, 0.3) is 14.2 Å². The maximum atomic E-state index is 11.4. The van der Waals surface area contributed by atoms with Gasteiger partial charge in [-0.05, 0) is 25.5 Å². The van der Waals surface area contributed by atoms with Gasteiger partial charge in [0.05, 0.1) is 5.02 Å². The fraction of sp³-hybridized carbons (Fsp3) is 0.273. The van der Waals surface area contributed by atoms with E-state index in [2.05, 4.69) is 10.2 Å². The monoisotopic (exact) mass is 319 g/mol. The van der Waals surface area contributed by atoms with E-state index in [0.717, 1.165) is 5.56 Å². The Kier molecular flexibility index (Phi) is 3.85. The van der Waals surface area contributed by atoms with Crippen molar-refractivity contribution in [2.75, 3.05) is 0 Å². The van der Waals surface area contributed by atoms with Crippen LogP contribution < -0.4 is 0 Å². The Morgan fingerprint density at radius 2 is 2.00 bits per heavy atom. The van der Waals surface area contributed by atoms with Crippen LogP contribution in [0, 0.1) is 6.92 Å². The predicted octanol–water partition coefficient (Wildman–Crippen LogP) is 2.85. The fourth-order valence-electron chi connectivity index (χ4n) is 1.77. The summed E-state index contributed by atoms with van der Waals surface area (Å²) in [5.41, 5.74) is 1.50. The molecule has 0 amide bonds. The van der Waals surface area contributed by atoms with Crippen LogP contribution in [0.1, 0.15) is 12.5 Å². The zero-order valence-corrected chi connectivity index (χ0v) is 12.6. The number of halogens is 2. The summed E-state index contributed by atoms with van der Waals surface area (Å²) in [7, 11) is 1.39. The molecule has 2 aromatic rings. The van der Waals surface area contributed by atoms with Gasteiger partial charge >= 0.3 is 0 Å². The largest absolute Gasteiger partial charge is 0.297 e. The van der Waals surface area contributed by atoms with Crippen molar-refractivity contribution in [2.45, 2.75) is 25.5 Å². The average molecular weight is 320 g/mol. The molecule has 0 spiro atoms. The molecule has 1 aromatic carbocycles. The molecule has 0 N–H and O–H groups in total. The molecule has 5 nitrogen and oxygen atoms in total. The number of rotatable bonds is 3. The Bertz CT molecular complexity index is 726. The second kappa shape index (κ2) is 5.11. The summed E-state index contributed by atoms with van der Waals surface area (Å²) < 4.78 is 24.3. The molecule has 0 radical (unpaired) electrons. The smallest absolute Gasteiger partial charge is 0.296 e. The number of nitrogens with zero attached hydrogens (tertiary/aromatic N) is 3. The molecule has 0 aliphatic rings. The van der Waals surface area contributed by atoms with Gasteiger partial charge in [-0.3, -0.25) is 4.57 Å². The summed E-state index contributed by atoms with van der Waals surface area (Å²) in [5.74, 6) is 0.385. The Labute approximate surface area is 120 Å². The van der Waals surface area contributed by atoms with Gasteiger partial charge in [-0.25, -0.2) is 8.42 Å². The highest BCUT2D eigenvalue weighted by molar-refractivity contribution is 8.13. The van der Waals surface area contributed by atoms with E-state index in [9.17, 15) is 8.42 Å². The van der Waals surface area contributed by atoms with Gasteiger partial charge in [0.15, 0.2) is 5.82 Å². The van der Waals surface area contributed by atoms with Crippen LogP contribution in [-0.2, 0) is 15.6 Å². The predicted molar refractivity (Wildman–Crippen MR) is 73.9 cm³/mol. The molecule has 1 heterocycles. The van der Waals surface area contributed by atoms with Crippen LogP contribution in [0.3, 0.4) is 0 Å². The highest BCUT2D eigenvalue weighted by Gasteiger charge is 2.23. The molecule has 0 bridgehead atoms. The van der Waals surface area contributed by atoms with E-state index in [1.54, 1.807) is 13.0 Å². The van der Waals surface area contributed by atoms with E-state index in [0.29, 0.717) is 23.0 Å². The van der Waals surface area contributed by atoms with Gasteiger partial charge in [0.2, 0.25) is 0 Å². The van der Waals surface area contributed by atoms with Crippen LogP contribution in [-0.4, -0.2) is 23.2 Å². The summed E-state index contributed by atoms with van der Waals surface area (Å²) >= 11 is 6.22. The van der Waals surface area contributed by atoms with E-state index in [1.165, 1.54) is 4.57 Å². The summed E-state index contributed by atoms with van der Waals surface area (Å²) in [4.78, 5) is 0. The zero-order valence-electron chi connectivity index (χ0n) is 10.3. The Morgan fingerprint density at radius 1 is 1.32 bits per heavy atom. The van der Waals surface area contributed by atoms with Crippen molar-refractivity contribution >= 4 is 31.3 Å². The summed E-state index contributed by atoms with van der Waals surface area (Å²) in [6.07, 6.45) is 0. The molecule has 0 atom stereocenters. The number of hydrogen-bond acceptors (Lipinski definition) is 4. The first-order valence-electron chi connectivity index (χ1n) is 5.49. The van der Waals surface area contributed by atoms with E-state index in [1.807, 2.05) is 19.1 Å². The lowest BCUT2D eigenvalue weighted by Crippen LogP contribution is -2.06. The van der Waals surface area contributed by atoms with Crippen LogP contribution in [0.25, 0.3) is 11.4 Å². The molecule has 0 fully saturated rings. The van der Waals surface area contributed by atoms with Crippen molar-refractivity contribution in [3.05, 3.63) is 28.8 Å². The van der Waals surface area contributed by atoms with Gasteiger partial charge in [0, 0.05) is 22.8 Å². The molecule has 102 valence electrons. The molecule has 0 unspecified atom stereocenters. The second-order valence-electron chi connectivity index (χ2n) is 3.92. The van der Waals surface area contributed by atoms with Crippen LogP contribution in [0.2, 0.25) is 5.02 Å². The first-order valence-corrected chi connectivity index (χ1v) is 8.18. The fourth-order valence-corrected chi connectivity index (χ4v) is 2.94. The summed E-state index contributed by atoms with van der Waals surface area (Å²) in [5, 5.41) is 7.77. The third-order valence-electron chi connectivity index (χ3n) is 2.68. The second-order valence-corrected chi connectivity index (χ2v) is 6.76. The maximum Gasteiger partial charge on any atom is 0.296 e. The Morgan fingerprint density at radius 3 is 2.58 bits per heavy atom. The van der Waals surface area contributed by atoms with Crippen molar-refractivity contribution in [3.8, 4) is 11.4 Å². The normalized spacial score (nSPS) is 11.8. The minimum Gasteiger partial charge on any atom is -0.297 e. The first kappa shape index (κ1) is 14.3. The minimum absolute atomic E-state index is 0.274. The quantitative estimate of drug-likeness (QED) is 0.816. The lowest BCUT2D eigenvalue weighted by Gasteiger charge is -2.08.